The first-order valence-electron chi connectivity index (χ1n) is 8.03. The molecule has 134 valence electrons. The van der Waals surface area contributed by atoms with Crippen molar-refractivity contribution in [2.45, 2.75) is 31.1 Å². The van der Waals surface area contributed by atoms with E-state index in [2.05, 4.69) is 20.8 Å². The van der Waals surface area contributed by atoms with Gasteiger partial charge >= 0.3 is 0 Å². The maximum Gasteiger partial charge on any atom is 0.248 e. The van der Waals surface area contributed by atoms with Crippen LogP contribution in [0.2, 0.25) is 0 Å². The number of benzene rings is 1. The predicted molar refractivity (Wildman–Crippen MR) is 92.4 cm³/mol. The van der Waals surface area contributed by atoms with Crippen LogP contribution in [0.15, 0.2) is 29.2 Å². The maximum absolute atomic E-state index is 12.7. The van der Waals surface area contributed by atoms with Crippen molar-refractivity contribution in [1.82, 2.24) is 9.21 Å². The van der Waals surface area contributed by atoms with Crippen molar-refractivity contribution in [2.75, 3.05) is 39.9 Å². The lowest BCUT2D eigenvalue weighted by atomic mass is 9.87. The molecule has 1 fully saturated rings. The van der Waals surface area contributed by atoms with Gasteiger partial charge in [0.05, 0.1) is 4.90 Å². The second-order valence-electron chi connectivity index (χ2n) is 6.99. The van der Waals surface area contributed by atoms with E-state index in [1.807, 2.05) is 12.1 Å². The Morgan fingerprint density at radius 1 is 1.08 bits per heavy atom. The third kappa shape index (κ3) is 4.15. The summed E-state index contributed by atoms with van der Waals surface area (Å²) < 4.78 is 31.8. The van der Waals surface area contributed by atoms with Gasteiger partial charge in [-0.05, 0) is 23.1 Å². The number of ether oxygens (including phenoxy) is 1. The molecule has 0 bridgehead atoms. The Bertz CT molecular complexity index is 670. The van der Waals surface area contributed by atoms with E-state index in [0.29, 0.717) is 31.1 Å². The Hall–Kier alpha value is -1.44. The van der Waals surface area contributed by atoms with Crippen molar-refractivity contribution in [1.29, 1.82) is 0 Å². The van der Waals surface area contributed by atoms with Gasteiger partial charge in [-0.25, -0.2) is 8.42 Å². The molecule has 6 nitrogen and oxygen atoms in total. The molecular formula is C17H26N2O4S. The first-order chi connectivity index (χ1) is 11.2. The largest absolute Gasteiger partial charge is 0.375 e. The van der Waals surface area contributed by atoms with Gasteiger partial charge < -0.3 is 9.64 Å². The lowest BCUT2D eigenvalue weighted by molar-refractivity contribution is -0.136. The Morgan fingerprint density at radius 3 is 2.08 bits per heavy atom. The van der Waals surface area contributed by atoms with Crippen LogP contribution in [0.3, 0.4) is 0 Å². The van der Waals surface area contributed by atoms with E-state index in [-0.39, 0.29) is 17.9 Å². The molecule has 0 atom stereocenters. The first kappa shape index (κ1) is 18.9. The second kappa shape index (κ2) is 7.21. The number of nitrogens with zero attached hydrogens (tertiary/aromatic N) is 2. The first-order valence-corrected chi connectivity index (χ1v) is 9.47. The minimum Gasteiger partial charge on any atom is -0.375 e. The van der Waals surface area contributed by atoms with Crippen LogP contribution in [0.4, 0.5) is 0 Å². The normalized spacial score (nSPS) is 17.1. The summed E-state index contributed by atoms with van der Waals surface area (Å²) in [4.78, 5) is 13.7. The van der Waals surface area contributed by atoms with Crippen LogP contribution in [0.5, 0.6) is 0 Å². The van der Waals surface area contributed by atoms with Gasteiger partial charge in [0, 0.05) is 33.3 Å². The van der Waals surface area contributed by atoms with Crippen LogP contribution in [0.1, 0.15) is 26.3 Å². The molecule has 7 heteroatoms. The highest BCUT2D eigenvalue weighted by Crippen LogP contribution is 2.25. The number of methoxy groups -OCH3 is 1. The standard InChI is InChI=1S/C17H26N2O4S/c1-17(2,3)14-5-7-15(8-6-14)24(21,22)19-11-9-18(10-12-19)16(20)13-23-4/h5-8H,9-13H2,1-4H3. The molecule has 24 heavy (non-hydrogen) atoms. The average molecular weight is 354 g/mol. The SMILES string of the molecule is COCC(=O)N1CCN(S(=O)(=O)c2ccc(C(C)(C)C)cc2)CC1. The summed E-state index contributed by atoms with van der Waals surface area (Å²) in [6, 6.07) is 7.06. The van der Waals surface area contributed by atoms with Crippen LogP contribution in [-0.4, -0.2) is 63.4 Å². The van der Waals surface area contributed by atoms with E-state index in [9.17, 15) is 13.2 Å². The highest BCUT2D eigenvalue weighted by molar-refractivity contribution is 7.89. The summed E-state index contributed by atoms with van der Waals surface area (Å²) in [5.74, 6) is -0.107. The van der Waals surface area contributed by atoms with Crippen molar-refractivity contribution in [3.8, 4) is 0 Å². The van der Waals surface area contributed by atoms with Gasteiger partial charge in [0.1, 0.15) is 6.61 Å². The van der Waals surface area contributed by atoms with E-state index in [1.165, 1.54) is 11.4 Å². The number of carbonyl (C=O) groups is 1. The fourth-order valence-electron chi connectivity index (χ4n) is 2.67. The fourth-order valence-corrected chi connectivity index (χ4v) is 4.09. The number of piperazine rings is 1. The van der Waals surface area contributed by atoms with Gasteiger partial charge in [-0.1, -0.05) is 32.9 Å². The third-order valence-electron chi connectivity index (χ3n) is 4.22. The molecule has 1 aliphatic rings. The van der Waals surface area contributed by atoms with Crippen LogP contribution < -0.4 is 0 Å². The minimum atomic E-state index is -3.52. The molecule has 0 unspecified atom stereocenters. The summed E-state index contributed by atoms with van der Waals surface area (Å²) in [6.07, 6.45) is 0. The number of amides is 1. The van der Waals surface area contributed by atoms with Crippen molar-refractivity contribution in [2.24, 2.45) is 0 Å². The molecule has 2 rings (SSSR count). The zero-order valence-corrected chi connectivity index (χ0v) is 15.6. The van der Waals surface area contributed by atoms with Gasteiger partial charge in [-0.3, -0.25) is 4.79 Å². The number of hydrogen-bond donors (Lipinski definition) is 0. The zero-order chi connectivity index (χ0) is 18.0. The Morgan fingerprint density at radius 2 is 1.62 bits per heavy atom. The van der Waals surface area contributed by atoms with E-state index >= 15 is 0 Å². The van der Waals surface area contributed by atoms with Crippen molar-refractivity contribution in [3.63, 3.8) is 0 Å². The molecule has 1 aromatic rings. The van der Waals surface area contributed by atoms with E-state index in [4.69, 9.17) is 4.74 Å². The van der Waals surface area contributed by atoms with Crippen LogP contribution in [0.25, 0.3) is 0 Å². The molecule has 0 spiro atoms. The summed E-state index contributed by atoms with van der Waals surface area (Å²) in [7, 11) is -2.05. The van der Waals surface area contributed by atoms with Crippen molar-refractivity contribution < 1.29 is 17.9 Å². The van der Waals surface area contributed by atoms with E-state index < -0.39 is 10.0 Å². The topological polar surface area (TPSA) is 66.9 Å². The van der Waals surface area contributed by atoms with Gasteiger partial charge in [-0.15, -0.1) is 0 Å². The van der Waals surface area contributed by atoms with Gasteiger partial charge in [0.25, 0.3) is 0 Å². The lowest BCUT2D eigenvalue weighted by Gasteiger charge is -2.34. The molecule has 0 N–H and O–H groups in total. The molecule has 1 heterocycles. The van der Waals surface area contributed by atoms with Crippen molar-refractivity contribution in [3.05, 3.63) is 29.8 Å². The number of rotatable bonds is 4. The molecule has 1 aromatic carbocycles. The third-order valence-corrected chi connectivity index (χ3v) is 6.13. The quantitative estimate of drug-likeness (QED) is 0.821. The predicted octanol–water partition coefficient (Wildman–Crippen LogP) is 1.46. The van der Waals surface area contributed by atoms with Gasteiger partial charge in [-0.2, -0.15) is 4.31 Å². The molecule has 1 aliphatic heterocycles. The summed E-state index contributed by atoms with van der Waals surface area (Å²) >= 11 is 0. The fraction of sp³-hybridized carbons (Fsp3) is 0.588. The van der Waals surface area contributed by atoms with Gasteiger partial charge in [0.2, 0.25) is 15.9 Å². The molecule has 0 radical (unpaired) electrons. The summed E-state index contributed by atoms with van der Waals surface area (Å²) in [6.45, 7) is 7.69. The Kier molecular flexibility index (Phi) is 5.67. The van der Waals surface area contributed by atoms with Crippen molar-refractivity contribution >= 4 is 15.9 Å². The molecular weight excluding hydrogens is 328 g/mol. The lowest BCUT2D eigenvalue weighted by Crippen LogP contribution is -2.51. The van der Waals surface area contributed by atoms with E-state index in [1.54, 1.807) is 17.0 Å². The average Bonchev–Trinajstić information content (AvgIpc) is 2.54. The molecule has 0 aliphatic carbocycles. The molecule has 1 amide bonds. The number of sulfonamides is 1. The molecule has 1 saturated heterocycles. The smallest absolute Gasteiger partial charge is 0.248 e. The van der Waals surface area contributed by atoms with E-state index in [0.717, 1.165) is 5.56 Å². The summed E-state index contributed by atoms with van der Waals surface area (Å²) in [5, 5.41) is 0. The maximum atomic E-state index is 12.7. The second-order valence-corrected chi connectivity index (χ2v) is 8.93. The zero-order valence-electron chi connectivity index (χ0n) is 14.8. The van der Waals surface area contributed by atoms with Crippen LogP contribution in [0, 0.1) is 0 Å². The monoisotopic (exact) mass is 354 g/mol. The molecule has 0 aromatic heterocycles. The highest BCUT2D eigenvalue weighted by atomic mass is 32.2. The number of hydrogen-bond acceptors (Lipinski definition) is 4. The number of carbonyl (C=O) groups excluding carboxylic acids is 1. The van der Waals surface area contributed by atoms with Gasteiger partial charge in [0.15, 0.2) is 0 Å². The minimum absolute atomic E-state index is 0.0182. The highest BCUT2D eigenvalue weighted by Gasteiger charge is 2.30. The molecule has 0 saturated carbocycles. The Labute approximate surface area is 144 Å². The summed E-state index contributed by atoms with van der Waals surface area (Å²) in [5.41, 5.74) is 1.08. The Balaban J connectivity index is 2.08. The van der Waals surface area contributed by atoms with Crippen LogP contribution in [-0.2, 0) is 25.0 Å². The van der Waals surface area contributed by atoms with Crippen LogP contribution >= 0.6 is 0 Å².